The Hall–Kier alpha value is -19.6. The first-order chi connectivity index (χ1) is 71.4. The zero-order valence-electron chi connectivity index (χ0n) is 77.9. The van der Waals surface area contributed by atoms with Crippen molar-refractivity contribution in [1.29, 1.82) is 0 Å². The molecular formula is C132H84N12. The van der Waals surface area contributed by atoms with Gasteiger partial charge in [-0.05, 0) is 177 Å². The van der Waals surface area contributed by atoms with E-state index >= 15 is 0 Å². The van der Waals surface area contributed by atoms with Crippen molar-refractivity contribution in [1.82, 2.24) is 58.1 Å². The lowest BCUT2D eigenvalue weighted by atomic mass is 10.0. The van der Waals surface area contributed by atoms with Crippen LogP contribution in [0.1, 0.15) is 0 Å². The maximum absolute atomic E-state index is 5.17. The fourth-order valence-electron chi connectivity index (χ4n) is 21.2. The zero-order valence-corrected chi connectivity index (χ0v) is 77.9. The van der Waals surface area contributed by atoms with E-state index in [1.54, 1.807) is 0 Å². The molecule has 0 saturated heterocycles. The van der Waals surface area contributed by atoms with Crippen LogP contribution in [0.25, 0.3) is 265 Å². The second kappa shape index (κ2) is 35.5. The van der Waals surface area contributed by atoms with E-state index in [4.69, 9.17) is 39.9 Å². The van der Waals surface area contributed by atoms with Gasteiger partial charge in [0.25, 0.3) is 0 Å². The van der Waals surface area contributed by atoms with E-state index in [2.05, 4.69) is 382 Å². The molecule has 0 bridgehead atoms. The van der Waals surface area contributed by atoms with Gasteiger partial charge in [-0.3, -0.25) is 9.13 Å². The molecule has 0 atom stereocenters. The van der Waals surface area contributed by atoms with Crippen molar-refractivity contribution < 1.29 is 0 Å². The van der Waals surface area contributed by atoms with Gasteiger partial charge >= 0.3 is 0 Å². The average molecular weight is 1840 g/mol. The summed E-state index contributed by atoms with van der Waals surface area (Å²) in [5.41, 5.74) is 30.4. The molecule has 144 heavy (non-hydrogen) atoms. The van der Waals surface area contributed by atoms with Crippen molar-refractivity contribution in [2.45, 2.75) is 0 Å². The Morgan fingerprint density at radius 1 is 0.125 bits per heavy atom. The van der Waals surface area contributed by atoms with Gasteiger partial charge in [-0.15, -0.1) is 0 Å². The van der Waals surface area contributed by atoms with Crippen molar-refractivity contribution in [3.8, 4) is 90.6 Å². The van der Waals surface area contributed by atoms with Crippen LogP contribution in [0.15, 0.2) is 510 Å². The topological polar surface area (TPSA) is 123 Å². The van der Waals surface area contributed by atoms with Crippen LogP contribution in [-0.2, 0) is 0 Å². The first-order valence-electron chi connectivity index (χ1n) is 48.6. The molecule has 0 aliphatic heterocycles. The summed E-state index contributed by atoms with van der Waals surface area (Å²) in [4.78, 5) is 40.8. The third kappa shape index (κ3) is 14.7. The highest BCUT2D eigenvalue weighted by Crippen LogP contribution is 2.45. The number of hydrogen-bond donors (Lipinski definition) is 0. The lowest BCUT2D eigenvalue weighted by molar-refractivity contribution is 1.08. The maximum atomic E-state index is 5.17. The molecule has 12 nitrogen and oxygen atoms in total. The fraction of sp³-hybridized carbons (Fsp3) is 0. The third-order valence-corrected chi connectivity index (χ3v) is 27.9. The molecule has 0 fully saturated rings. The Morgan fingerprint density at radius 2 is 0.354 bits per heavy atom. The summed E-state index contributed by atoms with van der Waals surface area (Å²) in [6.07, 6.45) is 0. The number of para-hydroxylation sites is 12. The van der Waals surface area contributed by atoms with E-state index in [0.717, 1.165) is 157 Å². The normalized spacial score (nSPS) is 11.6. The van der Waals surface area contributed by atoms with E-state index in [1.165, 1.54) is 108 Å². The van der Waals surface area contributed by atoms with Crippen LogP contribution < -0.4 is 0 Å². The van der Waals surface area contributed by atoms with Crippen LogP contribution in [0.4, 0.5) is 0 Å². The Balaban J connectivity index is 0.0000000959. The molecule has 0 amide bonds. The van der Waals surface area contributed by atoms with Crippen LogP contribution in [0.2, 0.25) is 0 Å². The molecule has 0 unspecified atom stereocenters. The number of benzene rings is 22. The van der Waals surface area contributed by atoms with E-state index in [1.807, 2.05) is 146 Å². The standard InChI is InChI=1S/2C36H23N3.2C30H19N3/c1-2-11-25(12-3-1)35-36(38-31-16-8-7-15-30(31)37-35)26-18-21-27(22-19-26)39-32-17-9-6-14-29(32)34-28-13-5-4-10-24(28)20-23-33(34)39;1-2-10-24(11-3-1)35-36(38-32-16-8-7-15-31(32)37-35)25-18-20-28(21-19-25)39-33-17-9-6-14-29(33)30-22-26-12-4-5-13-27(26)23-34(30)39;1-2-11-21(12-3-1)29-30(32-25-16-8-7-15-24(25)31-29)33-26-17-9-6-14-23(26)28-22-13-5-4-10-20(22)18-19-27(28)33;1-2-10-20(11-3-1)29-30(32-26-16-8-7-15-25(26)31-29)33-27-17-9-6-14-23(27)24-18-21-12-4-5-13-22(21)19-28(24)33/h2*1-23H;2*1-19H. The maximum Gasteiger partial charge on any atom is 0.165 e. The molecule has 30 rings (SSSR count). The average Bonchev–Trinajstić information content (AvgIpc) is 1.61. The quantitative estimate of drug-likeness (QED) is 0.133. The van der Waals surface area contributed by atoms with Crippen LogP contribution in [-0.4, -0.2) is 58.1 Å². The lowest BCUT2D eigenvalue weighted by Crippen LogP contribution is -2.03. The van der Waals surface area contributed by atoms with Crippen molar-refractivity contribution in [3.63, 3.8) is 0 Å². The van der Waals surface area contributed by atoms with Crippen LogP contribution in [0.3, 0.4) is 0 Å². The predicted octanol–water partition coefficient (Wildman–Crippen LogP) is 33.5. The first-order valence-corrected chi connectivity index (χ1v) is 48.6. The van der Waals surface area contributed by atoms with E-state index in [-0.39, 0.29) is 0 Å². The van der Waals surface area contributed by atoms with Gasteiger partial charge in [-0.2, -0.15) is 0 Å². The molecule has 12 heteroatoms. The SMILES string of the molecule is c1ccc(-c2nc3ccccc3nc2-c2ccc(-n3c4ccccc4c4c5ccccc5ccc43)cc2)cc1.c1ccc(-c2nc3ccccc3nc2-c2ccc(-n3c4ccccc4c4cc5ccccc5cc43)cc2)cc1.c1ccc(-c2nc3ccccc3nc2-n2c3ccccc3c3c4ccccc4ccc32)cc1.c1ccc(-c2nc3ccccc3nc2-n2c3ccccc3c3cc4ccccc4cc32)cc1. The number of hydrogen-bond acceptors (Lipinski definition) is 8. The minimum atomic E-state index is 0.849. The highest BCUT2D eigenvalue weighted by atomic mass is 15.1. The summed E-state index contributed by atoms with van der Waals surface area (Å²) in [6.45, 7) is 0. The number of nitrogens with zero attached hydrogens (tertiary/aromatic N) is 12. The van der Waals surface area contributed by atoms with Gasteiger partial charge in [-0.1, -0.05) is 376 Å². The van der Waals surface area contributed by atoms with Crippen molar-refractivity contribution in [2.75, 3.05) is 0 Å². The van der Waals surface area contributed by atoms with Gasteiger partial charge < -0.3 is 9.13 Å². The summed E-state index contributed by atoms with van der Waals surface area (Å²) in [5.74, 6) is 1.70. The number of aromatic nitrogens is 12. The molecular weight excluding hydrogens is 1750 g/mol. The van der Waals surface area contributed by atoms with Gasteiger partial charge in [-0.25, -0.2) is 39.9 Å². The zero-order chi connectivity index (χ0) is 95.1. The molecule has 0 aliphatic rings. The van der Waals surface area contributed by atoms with Gasteiger partial charge in [0, 0.05) is 87.8 Å². The number of fused-ring (bicyclic) bond motifs is 22. The summed E-state index contributed by atoms with van der Waals surface area (Å²) >= 11 is 0. The Morgan fingerprint density at radius 3 is 0.715 bits per heavy atom. The number of rotatable bonds is 10. The molecule has 22 aromatic carbocycles. The third-order valence-electron chi connectivity index (χ3n) is 27.9. The highest BCUT2D eigenvalue weighted by molar-refractivity contribution is 6.24. The Kier molecular flexibility index (Phi) is 20.6. The first kappa shape index (κ1) is 83.8. The molecule has 0 N–H and O–H groups in total. The largest absolute Gasteiger partial charge is 0.309 e. The monoisotopic (exact) mass is 1840 g/mol. The molecule has 0 spiro atoms. The second-order valence-electron chi connectivity index (χ2n) is 36.4. The second-order valence-corrected chi connectivity index (χ2v) is 36.4. The Bertz CT molecular complexity index is 9980. The van der Waals surface area contributed by atoms with E-state index in [9.17, 15) is 0 Å². The Labute approximate surface area is 827 Å². The van der Waals surface area contributed by atoms with Crippen LogP contribution in [0.5, 0.6) is 0 Å². The minimum Gasteiger partial charge on any atom is -0.309 e. The van der Waals surface area contributed by atoms with Crippen LogP contribution in [0, 0.1) is 0 Å². The molecule has 8 heterocycles. The van der Waals surface area contributed by atoms with Crippen molar-refractivity contribution in [2.24, 2.45) is 0 Å². The molecule has 0 aliphatic carbocycles. The lowest BCUT2D eigenvalue weighted by Gasteiger charge is -2.14. The molecule has 30 aromatic rings. The van der Waals surface area contributed by atoms with Gasteiger partial charge in [0.15, 0.2) is 11.6 Å². The highest BCUT2D eigenvalue weighted by Gasteiger charge is 2.26. The fourth-order valence-corrected chi connectivity index (χ4v) is 21.2. The smallest absolute Gasteiger partial charge is 0.165 e. The predicted molar refractivity (Wildman–Crippen MR) is 598 cm³/mol. The van der Waals surface area contributed by atoms with Crippen molar-refractivity contribution >= 4 is 174 Å². The summed E-state index contributed by atoms with van der Waals surface area (Å²) < 4.78 is 9.29. The van der Waals surface area contributed by atoms with Crippen molar-refractivity contribution in [3.05, 3.63) is 510 Å². The molecule has 0 saturated carbocycles. The minimum absolute atomic E-state index is 0.849. The van der Waals surface area contributed by atoms with Gasteiger partial charge in [0.1, 0.15) is 11.4 Å². The van der Waals surface area contributed by atoms with E-state index in [0.29, 0.717) is 0 Å². The van der Waals surface area contributed by atoms with Gasteiger partial charge in [0.05, 0.1) is 111 Å². The van der Waals surface area contributed by atoms with Crippen LogP contribution >= 0.6 is 0 Å². The summed E-state index contributed by atoms with van der Waals surface area (Å²) in [5, 5.41) is 19.9. The van der Waals surface area contributed by atoms with Gasteiger partial charge in [0.2, 0.25) is 0 Å². The summed E-state index contributed by atoms with van der Waals surface area (Å²) in [7, 11) is 0. The summed E-state index contributed by atoms with van der Waals surface area (Å²) in [6, 6.07) is 178. The molecule has 672 valence electrons. The molecule has 8 aromatic heterocycles. The molecule has 0 radical (unpaired) electrons. The van der Waals surface area contributed by atoms with E-state index < -0.39 is 0 Å².